The van der Waals surface area contributed by atoms with Gasteiger partial charge in [0.2, 0.25) is 0 Å². The molecule has 0 heterocycles. The number of esters is 1. The van der Waals surface area contributed by atoms with E-state index in [-0.39, 0.29) is 42.3 Å². The topological polar surface area (TPSA) is 63.6 Å². The lowest BCUT2D eigenvalue weighted by Crippen LogP contribution is -2.14. The maximum absolute atomic E-state index is 11.2. The third-order valence-electron chi connectivity index (χ3n) is 3.09. The maximum atomic E-state index is 11.2. The van der Waals surface area contributed by atoms with Crippen LogP contribution in [0.4, 0.5) is 0 Å². The van der Waals surface area contributed by atoms with Crippen LogP contribution in [0.1, 0.15) is 12.8 Å². The third kappa shape index (κ3) is 1.25. The van der Waals surface area contributed by atoms with Crippen molar-refractivity contribution in [1.82, 2.24) is 0 Å². The Bertz CT molecular complexity index is 260. The Morgan fingerprint density at radius 2 is 2.38 bits per heavy atom. The highest BCUT2D eigenvalue weighted by Crippen LogP contribution is 2.57. The highest BCUT2D eigenvalue weighted by Gasteiger charge is 2.62. The number of aliphatic hydroxyl groups excluding tert-OH is 1. The Kier molecular flexibility index (Phi) is 1.87. The fraction of sp³-hybridized carbons (Fsp3) is 0.778. The van der Waals surface area contributed by atoms with Gasteiger partial charge in [0.1, 0.15) is 5.78 Å². The Labute approximate surface area is 75.9 Å². The molecule has 0 radical (unpaired) electrons. The van der Waals surface area contributed by atoms with Gasteiger partial charge < -0.3 is 9.84 Å². The summed E-state index contributed by atoms with van der Waals surface area (Å²) in [5.41, 5.74) is 0. The van der Waals surface area contributed by atoms with Crippen LogP contribution < -0.4 is 0 Å². The summed E-state index contributed by atoms with van der Waals surface area (Å²) in [7, 11) is 1.33. The van der Waals surface area contributed by atoms with E-state index >= 15 is 0 Å². The number of Topliss-reactive ketones (excluding diaryl/α,β-unsaturated/α-hetero) is 1. The minimum Gasteiger partial charge on any atom is -0.469 e. The van der Waals surface area contributed by atoms with Gasteiger partial charge in [-0.2, -0.15) is 0 Å². The molecule has 0 saturated heterocycles. The molecule has 2 fully saturated rings. The number of fused-ring (bicyclic) bond motifs is 1. The zero-order chi connectivity index (χ0) is 9.59. The lowest BCUT2D eigenvalue weighted by molar-refractivity contribution is -0.141. The second-order valence-electron chi connectivity index (χ2n) is 3.79. The van der Waals surface area contributed by atoms with E-state index in [9.17, 15) is 14.7 Å². The van der Waals surface area contributed by atoms with Crippen molar-refractivity contribution in [2.75, 3.05) is 7.11 Å². The average Bonchev–Trinajstić information content (AvgIpc) is 2.69. The Balaban J connectivity index is 1.94. The van der Waals surface area contributed by atoms with Crippen molar-refractivity contribution in [1.29, 1.82) is 0 Å². The second kappa shape index (κ2) is 2.80. The fourth-order valence-electron chi connectivity index (χ4n) is 2.40. The molecule has 1 N–H and O–H groups in total. The van der Waals surface area contributed by atoms with Gasteiger partial charge in [-0.15, -0.1) is 0 Å². The van der Waals surface area contributed by atoms with Crippen molar-refractivity contribution in [3.8, 4) is 0 Å². The Hall–Kier alpha value is -0.900. The van der Waals surface area contributed by atoms with Gasteiger partial charge in [0.25, 0.3) is 0 Å². The van der Waals surface area contributed by atoms with Crippen LogP contribution in [-0.2, 0) is 14.3 Å². The minimum atomic E-state index is -0.521. The van der Waals surface area contributed by atoms with Gasteiger partial charge in [-0.25, -0.2) is 0 Å². The molecule has 0 aromatic carbocycles. The molecule has 72 valence electrons. The first-order valence-electron chi connectivity index (χ1n) is 4.42. The first-order chi connectivity index (χ1) is 6.15. The van der Waals surface area contributed by atoms with Gasteiger partial charge in [0.05, 0.1) is 13.2 Å². The lowest BCUT2D eigenvalue weighted by atomic mass is 10.1. The zero-order valence-electron chi connectivity index (χ0n) is 7.40. The predicted octanol–water partition coefficient (Wildman–Crippen LogP) is -0.255. The van der Waals surface area contributed by atoms with E-state index in [4.69, 9.17) is 0 Å². The van der Waals surface area contributed by atoms with E-state index in [1.807, 2.05) is 0 Å². The molecule has 0 spiro atoms. The van der Waals surface area contributed by atoms with Crippen molar-refractivity contribution in [2.45, 2.75) is 18.9 Å². The third-order valence-corrected chi connectivity index (χ3v) is 3.09. The molecule has 2 rings (SSSR count). The molecule has 0 bridgehead atoms. The molecule has 13 heavy (non-hydrogen) atoms. The molecule has 0 aromatic rings. The standard InChI is InChI=1S/C9H12O4/c1-13-7(12)2-4-8-5(10)3-6(11)9(4)8/h4-5,8-10H,2-3H2,1H3/t4-,5-,8+,9-/m0/s1. The van der Waals surface area contributed by atoms with Crippen molar-refractivity contribution in [3.63, 3.8) is 0 Å². The number of rotatable bonds is 2. The zero-order valence-corrected chi connectivity index (χ0v) is 7.40. The summed E-state index contributed by atoms with van der Waals surface area (Å²) in [6, 6.07) is 0. The summed E-state index contributed by atoms with van der Waals surface area (Å²) in [6.07, 6.45) is 0.0221. The van der Waals surface area contributed by atoms with Crippen LogP contribution in [0, 0.1) is 17.8 Å². The molecular weight excluding hydrogens is 172 g/mol. The summed E-state index contributed by atoms with van der Waals surface area (Å²) in [5, 5.41) is 9.39. The van der Waals surface area contributed by atoms with Crippen LogP contribution in [0.3, 0.4) is 0 Å². The van der Waals surface area contributed by atoms with Crippen LogP contribution >= 0.6 is 0 Å². The molecule has 0 amide bonds. The summed E-state index contributed by atoms with van der Waals surface area (Å²) >= 11 is 0. The summed E-state index contributed by atoms with van der Waals surface area (Å²) < 4.78 is 4.50. The van der Waals surface area contributed by atoms with E-state index < -0.39 is 6.10 Å². The summed E-state index contributed by atoms with van der Waals surface area (Å²) in [6.45, 7) is 0. The van der Waals surface area contributed by atoms with Crippen LogP contribution in [-0.4, -0.2) is 30.1 Å². The lowest BCUT2D eigenvalue weighted by Gasteiger charge is -2.05. The van der Waals surface area contributed by atoms with Gasteiger partial charge >= 0.3 is 5.97 Å². The number of ether oxygens (including phenoxy) is 1. The van der Waals surface area contributed by atoms with Gasteiger partial charge in [0.15, 0.2) is 0 Å². The average molecular weight is 184 g/mol. The Morgan fingerprint density at radius 1 is 1.69 bits per heavy atom. The largest absolute Gasteiger partial charge is 0.469 e. The molecule has 4 nitrogen and oxygen atoms in total. The van der Waals surface area contributed by atoms with Crippen LogP contribution in [0.5, 0.6) is 0 Å². The summed E-state index contributed by atoms with van der Waals surface area (Å²) in [4.78, 5) is 22.1. The second-order valence-corrected chi connectivity index (χ2v) is 3.79. The normalized spacial score (nSPS) is 41.5. The summed E-state index contributed by atoms with van der Waals surface area (Å²) in [5.74, 6) is -0.171. The van der Waals surface area contributed by atoms with E-state index in [2.05, 4.69) is 4.74 Å². The Morgan fingerprint density at radius 3 is 2.85 bits per heavy atom. The van der Waals surface area contributed by atoms with Crippen molar-refractivity contribution in [3.05, 3.63) is 0 Å². The van der Waals surface area contributed by atoms with E-state index in [0.29, 0.717) is 0 Å². The fourth-order valence-corrected chi connectivity index (χ4v) is 2.40. The number of hydrogen-bond donors (Lipinski definition) is 1. The number of hydrogen-bond acceptors (Lipinski definition) is 4. The molecule has 2 aliphatic rings. The number of ketones is 1. The van der Waals surface area contributed by atoms with Gasteiger partial charge in [-0.3, -0.25) is 9.59 Å². The van der Waals surface area contributed by atoms with E-state index in [0.717, 1.165) is 0 Å². The van der Waals surface area contributed by atoms with Crippen molar-refractivity contribution >= 4 is 11.8 Å². The van der Waals surface area contributed by atoms with Gasteiger partial charge in [-0.05, 0) is 11.8 Å². The highest BCUT2D eigenvalue weighted by molar-refractivity contribution is 5.89. The van der Waals surface area contributed by atoms with Crippen molar-refractivity contribution in [2.24, 2.45) is 17.8 Å². The predicted molar refractivity (Wildman–Crippen MR) is 42.7 cm³/mol. The molecule has 2 saturated carbocycles. The molecule has 4 atom stereocenters. The van der Waals surface area contributed by atoms with Crippen LogP contribution in [0.2, 0.25) is 0 Å². The van der Waals surface area contributed by atoms with Crippen LogP contribution in [0.15, 0.2) is 0 Å². The quantitative estimate of drug-likeness (QED) is 0.601. The van der Waals surface area contributed by atoms with Crippen LogP contribution in [0.25, 0.3) is 0 Å². The van der Waals surface area contributed by atoms with E-state index in [1.54, 1.807) is 0 Å². The molecular formula is C9H12O4. The van der Waals surface area contributed by atoms with Gasteiger partial charge in [0, 0.05) is 18.8 Å². The number of aliphatic hydroxyl groups is 1. The minimum absolute atomic E-state index is 0.0339. The molecule has 0 aromatic heterocycles. The van der Waals surface area contributed by atoms with E-state index in [1.165, 1.54) is 7.11 Å². The monoisotopic (exact) mass is 184 g/mol. The SMILES string of the molecule is COC(=O)C[C@@H]1[C@H]2C(=O)C[C@H](O)[C@@H]12. The first kappa shape index (κ1) is 8.69. The van der Waals surface area contributed by atoms with Crippen molar-refractivity contribution < 1.29 is 19.4 Å². The first-order valence-corrected chi connectivity index (χ1v) is 4.42. The number of carbonyl (C=O) groups excluding carboxylic acids is 2. The van der Waals surface area contributed by atoms with Gasteiger partial charge in [-0.1, -0.05) is 0 Å². The highest BCUT2D eigenvalue weighted by atomic mass is 16.5. The smallest absolute Gasteiger partial charge is 0.305 e. The number of carbonyl (C=O) groups is 2. The molecule has 2 aliphatic carbocycles. The molecule has 4 heteroatoms. The number of methoxy groups -OCH3 is 1. The molecule has 0 aliphatic heterocycles. The molecule has 0 unspecified atom stereocenters. The maximum Gasteiger partial charge on any atom is 0.305 e.